The monoisotopic (exact) mass is 369 g/mol. The van der Waals surface area contributed by atoms with Gasteiger partial charge in [-0.2, -0.15) is 0 Å². The lowest BCUT2D eigenvalue weighted by molar-refractivity contribution is -0.923. The molecule has 0 unspecified atom stereocenters. The van der Waals surface area contributed by atoms with Gasteiger partial charge in [0.2, 0.25) is 0 Å². The molecule has 0 heterocycles. The second-order valence-electron chi connectivity index (χ2n) is 5.49. The molecule has 0 spiro atoms. The third kappa shape index (κ3) is 9.60. The van der Waals surface area contributed by atoms with Crippen molar-refractivity contribution in [1.29, 1.82) is 0 Å². The van der Waals surface area contributed by atoms with Gasteiger partial charge >= 0.3 is 0 Å². The first-order chi connectivity index (χ1) is 8.24. The lowest BCUT2D eigenvalue weighted by Gasteiger charge is -2.35. The fourth-order valence-corrected chi connectivity index (χ4v) is 2.73. The summed E-state index contributed by atoms with van der Waals surface area (Å²) >= 11 is 0. The molecule has 0 aromatic heterocycles. The van der Waals surface area contributed by atoms with Crippen molar-refractivity contribution < 1.29 is 28.5 Å². The van der Waals surface area contributed by atoms with Gasteiger partial charge in [0.05, 0.1) is 26.2 Å². The maximum atomic E-state index is 2.34. The average molecular weight is 369 g/mol. The highest BCUT2D eigenvalue weighted by Gasteiger charge is 2.19. The van der Waals surface area contributed by atoms with Crippen molar-refractivity contribution in [3.63, 3.8) is 0 Å². The van der Waals surface area contributed by atoms with E-state index in [2.05, 4.69) is 27.7 Å². The molecule has 0 aliphatic carbocycles. The zero-order chi connectivity index (χ0) is 13.0. The summed E-state index contributed by atoms with van der Waals surface area (Å²) in [6, 6.07) is 0. The van der Waals surface area contributed by atoms with E-state index in [1.54, 1.807) is 0 Å². The Kier molecular flexibility index (Phi) is 16.5. The summed E-state index contributed by atoms with van der Waals surface area (Å²) in [5, 5.41) is 0. The molecule has 0 aromatic carbocycles. The SMILES string of the molecule is CCCCCCCCCC[N+](CC)(CC)CC.[I-]. The zero-order valence-electron chi connectivity index (χ0n) is 13.3. The Balaban J connectivity index is 0. The molecule has 0 N–H and O–H groups in total. The Hall–Kier alpha value is 0.690. The summed E-state index contributed by atoms with van der Waals surface area (Å²) in [5.41, 5.74) is 0. The minimum absolute atomic E-state index is 0. The topological polar surface area (TPSA) is 0 Å². The second-order valence-corrected chi connectivity index (χ2v) is 5.49. The second kappa shape index (κ2) is 14.1. The zero-order valence-corrected chi connectivity index (χ0v) is 15.5. The van der Waals surface area contributed by atoms with E-state index >= 15 is 0 Å². The summed E-state index contributed by atoms with van der Waals surface area (Å²) < 4.78 is 1.33. The summed E-state index contributed by atoms with van der Waals surface area (Å²) in [7, 11) is 0. The molecule has 0 aromatic rings. The molecular formula is C16H36IN. The lowest BCUT2D eigenvalue weighted by atomic mass is 10.1. The Morgan fingerprint density at radius 1 is 0.556 bits per heavy atom. The molecule has 0 saturated carbocycles. The fraction of sp³-hybridized carbons (Fsp3) is 1.00. The molecule has 2 heteroatoms. The molecule has 0 aliphatic heterocycles. The first-order valence-electron chi connectivity index (χ1n) is 8.09. The fourth-order valence-electron chi connectivity index (χ4n) is 2.73. The largest absolute Gasteiger partial charge is 1.00 e. The molecule has 18 heavy (non-hydrogen) atoms. The van der Waals surface area contributed by atoms with Crippen LogP contribution in [0.4, 0.5) is 0 Å². The normalized spacial score (nSPS) is 11.3. The number of unbranched alkanes of at least 4 members (excludes halogenated alkanes) is 7. The molecule has 0 amide bonds. The Morgan fingerprint density at radius 2 is 0.944 bits per heavy atom. The first kappa shape index (κ1) is 21.0. The highest BCUT2D eigenvalue weighted by Crippen LogP contribution is 2.12. The van der Waals surface area contributed by atoms with Crippen molar-refractivity contribution in [2.45, 2.75) is 79.1 Å². The van der Waals surface area contributed by atoms with Gasteiger partial charge in [-0.1, -0.05) is 45.4 Å². The van der Waals surface area contributed by atoms with Crippen LogP contribution in [-0.2, 0) is 0 Å². The van der Waals surface area contributed by atoms with Gasteiger partial charge in [-0.25, -0.2) is 0 Å². The molecule has 1 nitrogen and oxygen atoms in total. The van der Waals surface area contributed by atoms with E-state index < -0.39 is 0 Å². The van der Waals surface area contributed by atoms with E-state index in [0.29, 0.717) is 0 Å². The van der Waals surface area contributed by atoms with Gasteiger partial charge in [-0.15, -0.1) is 0 Å². The van der Waals surface area contributed by atoms with Crippen LogP contribution in [0, 0.1) is 0 Å². The van der Waals surface area contributed by atoms with Crippen molar-refractivity contribution >= 4 is 0 Å². The van der Waals surface area contributed by atoms with Crippen molar-refractivity contribution in [2.75, 3.05) is 26.2 Å². The molecule has 112 valence electrons. The number of hydrogen-bond acceptors (Lipinski definition) is 0. The molecular weight excluding hydrogens is 333 g/mol. The summed E-state index contributed by atoms with van der Waals surface area (Å²) in [5.74, 6) is 0. The van der Waals surface area contributed by atoms with Gasteiger partial charge in [0.15, 0.2) is 0 Å². The standard InChI is InChI=1S/C16H36N.HI/c1-5-9-10-11-12-13-14-15-16-17(6-2,7-3)8-4;/h5-16H2,1-4H3;1H/q+1;/p-1. The molecule has 0 saturated heterocycles. The number of rotatable bonds is 12. The number of hydrogen-bond donors (Lipinski definition) is 0. The minimum Gasteiger partial charge on any atom is -1.00 e. The van der Waals surface area contributed by atoms with Crippen molar-refractivity contribution in [1.82, 2.24) is 0 Å². The third-order valence-corrected chi connectivity index (χ3v) is 4.50. The summed E-state index contributed by atoms with van der Waals surface area (Å²) in [6.45, 7) is 14.7. The van der Waals surface area contributed by atoms with Crippen LogP contribution < -0.4 is 24.0 Å². The Labute approximate surface area is 133 Å². The van der Waals surface area contributed by atoms with Crippen molar-refractivity contribution in [3.8, 4) is 0 Å². The summed E-state index contributed by atoms with van der Waals surface area (Å²) in [4.78, 5) is 0. The van der Waals surface area contributed by atoms with Gasteiger partial charge in [-0.3, -0.25) is 0 Å². The minimum atomic E-state index is 0. The van der Waals surface area contributed by atoms with Gasteiger partial charge in [0.1, 0.15) is 0 Å². The van der Waals surface area contributed by atoms with Crippen molar-refractivity contribution in [3.05, 3.63) is 0 Å². The first-order valence-corrected chi connectivity index (χ1v) is 8.09. The molecule has 0 fully saturated rings. The van der Waals surface area contributed by atoms with Crippen molar-refractivity contribution in [2.24, 2.45) is 0 Å². The molecule has 0 atom stereocenters. The maximum absolute atomic E-state index is 2.34. The molecule has 0 rings (SSSR count). The van der Waals surface area contributed by atoms with E-state index in [-0.39, 0.29) is 24.0 Å². The maximum Gasteiger partial charge on any atom is 0.0786 e. The van der Waals surface area contributed by atoms with E-state index in [1.807, 2.05) is 0 Å². The van der Waals surface area contributed by atoms with E-state index in [0.717, 1.165) is 0 Å². The van der Waals surface area contributed by atoms with Gasteiger partial charge < -0.3 is 28.5 Å². The average Bonchev–Trinajstić information content (AvgIpc) is 2.38. The van der Waals surface area contributed by atoms with Crippen LogP contribution in [0.2, 0.25) is 0 Å². The third-order valence-electron chi connectivity index (χ3n) is 4.50. The van der Waals surface area contributed by atoms with Crippen LogP contribution in [0.1, 0.15) is 79.1 Å². The predicted octanol–water partition coefficient (Wildman–Crippen LogP) is 2.01. The van der Waals surface area contributed by atoms with E-state index in [1.165, 1.54) is 82.0 Å². The van der Waals surface area contributed by atoms with Crippen LogP contribution in [0.25, 0.3) is 0 Å². The van der Waals surface area contributed by atoms with Crippen LogP contribution in [0.15, 0.2) is 0 Å². The predicted molar refractivity (Wildman–Crippen MR) is 79.4 cm³/mol. The van der Waals surface area contributed by atoms with E-state index in [4.69, 9.17) is 0 Å². The summed E-state index contributed by atoms with van der Waals surface area (Å²) in [6.07, 6.45) is 11.5. The Bertz CT molecular complexity index is 147. The van der Waals surface area contributed by atoms with Gasteiger partial charge in [0, 0.05) is 0 Å². The van der Waals surface area contributed by atoms with E-state index in [9.17, 15) is 0 Å². The Morgan fingerprint density at radius 3 is 1.33 bits per heavy atom. The van der Waals surface area contributed by atoms with Crippen LogP contribution in [0.3, 0.4) is 0 Å². The highest BCUT2D eigenvalue weighted by atomic mass is 127. The van der Waals surface area contributed by atoms with Gasteiger partial charge in [0.25, 0.3) is 0 Å². The van der Waals surface area contributed by atoms with Crippen LogP contribution in [-0.4, -0.2) is 30.7 Å². The molecule has 0 bridgehead atoms. The van der Waals surface area contributed by atoms with Crippen LogP contribution in [0.5, 0.6) is 0 Å². The number of halogens is 1. The van der Waals surface area contributed by atoms with Crippen LogP contribution >= 0.6 is 0 Å². The quantitative estimate of drug-likeness (QED) is 0.281. The highest BCUT2D eigenvalue weighted by molar-refractivity contribution is 4.47. The lowest BCUT2D eigenvalue weighted by Crippen LogP contribution is -3.00. The molecule has 0 radical (unpaired) electrons. The van der Waals surface area contributed by atoms with Gasteiger partial charge in [-0.05, 0) is 33.6 Å². The molecule has 0 aliphatic rings. The number of nitrogens with zero attached hydrogens (tertiary/aromatic N) is 1. The number of quaternary nitrogens is 1. The smallest absolute Gasteiger partial charge is 0.0786 e.